The fourth-order valence-corrected chi connectivity index (χ4v) is 3.49. The van der Waals surface area contributed by atoms with E-state index in [1.165, 1.54) is 0 Å². The van der Waals surface area contributed by atoms with E-state index in [0.29, 0.717) is 21.4 Å². The largest absolute Gasteiger partial charge is 0.414 e. The van der Waals surface area contributed by atoms with E-state index >= 15 is 0 Å². The van der Waals surface area contributed by atoms with Crippen LogP contribution in [0.5, 0.6) is 5.88 Å². The first-order valence-electron chi connectivity index (χ1n) is 7.57. The van der Waals surface area contributed by atoms with Crippen LogP contribution >= 0.6 is 23.2 Å². The van der Waals surface area contributed by atoms with Crippen molar-refractivity contribution in [1.82, 2.24) is 10.3 Å². The van der Waals surface area contributed by atoms with Crippen LogP contribution in [0.15, 0.2) is 18.2 Å². The summed E-state index contributed by atoms with van der Waals surface area (Å²) < 4.78 is 17.9. The maximum absolute atomic E-state index is 12.6. The summed E-state index contributed by atoms with van der Waals surface area (Å²) in [5, 5.41) is 4.55. The van der Waals surface area contributed by atoms with E-state index in [-0.39, 0.29) is 18.6 Å². The lowest BCUT2D eigenvalue weighted by atomic mass is 9.87. The van der Waals surface area contributed by atoms with E-state index < -0.39 is 6.09 Å². The number of amides is 1. The second-order valence-electron chi connectivity index (χ2n) is 5.89. The van der Waals surface area contributed by atoms with E-state index in [2.05, 4.69) is 10.3 Å². The predicted octanol–water partition coefficient (Wildman–Crippen LogP) is 5.09. The van der Waals surface area contributed by atoms with Crippen LogP contribution in [-0.2, 0) is 0 Å². The standard InChI is InChI=1S/C16H17Cl2FN2O2/c17-10-5-13(18)12-7-15(21-14(12)6-10)23-16(22)20-11-3-1-9(8-19)2-4-11/h5-7,9,11,21H,1-4,8H2,(H,20,22). The first-order chi connectivity index (χ1) is 11.0. The number of hydrogen-bond donors (Lipinski definition) is 2. The third kappa shape index (κ3) is 3.90. The van der Waals surface area contributed by atoms with E-state index in [4.69, 9.17) is 27.9 Å². The number of aromatic nitrogens is 1. The van der Waals surface area contributed by atoms with E-state index in [1.807, 2.05) is 0 Å². The van der Waals surface area contributed by atoms with Crippen LogP contribution in [0.3, 0.4) is 0 Å². The van der Waals surface area contributed by atoms with Crippen LogP contribution in [0, 0.1) is 5.92 Å². The molecule has 124 valence electrons. The predicted molar refractivity (Wildman–Crippen MR) is 89.2 cm³/mol. The van der Waals surface area contributed by atoms with Gasteiger partial charge in [0.15, 0.2) is 0 Å². The number of alkyl halides is 1. The van der Waals surface area contributed by atoms with Crippen LogP contribution in [0.4, 0.5) is 9.18 Å². The molecule has 3 rings (SSSR count). The second kappa shape index (κ2) is 6.97. The molecule has 1 heterocycles. The number of aromatic amines is 1. The lowest BCUT2D eigenvalue weighted by Crippen LogP contribution is -2.39. The molecule has 1 amide bonds. The van der Waals surface area contributed by atoms with Gasteiger partial charge >= 0.3 is 6.09 Å². The average molecular weight is 359 g/mol. The Labute approximate surface area is 143 Å². The minimum Gasteiger partial charge on any atom is -0.393 e. The van der Waals surface area contributed by atoms with Crippen LogP contribution in [-0.4, -0.2) is 23.8 Å². The molecular formula is C16H17Cl2FN2O2. The number of carbonyl (C=O) groups is 1. The van der Waals surface area contributed by atoms with E-state index in [9.17, 15) is 9.18 Å². The van der Waals surface area contributed by atoms with Crippen molar-refractivity contribution in [3.05, 3.63) is 28.2 Å². The minimum absolute atomic E-state index is 0.0349. The summed E-state index contributed by atoms with van der Waals surface area (Å²) in [5.41, 5.74) is 0.703. The summed E-state index contributed by atoms with van der Waals surface area (Å²) in [6, 6.07) is 5.04. The van der Waals surface area contributed by atoms with Crippen molar-refractivity contribution >= 4 is 40.2 Å². The maximum atomic E-state index is 12.6. The minimum atomic E-state index is -0.525. The maximum Gasteiger partial charge on any atom is 0.414 e. The monoisotopic (exact) mass is 358 g/mol. The number of rotatable bonds is 3. The molecule has 0 saturated heterocycles. The normalized spacial score (nSPS) is 21.3. The summed E-state index contributed by atoms with van der Waals surface area (Å²) in [6.07, 6.45) is 2.61. The summed E-state index contributed by atoms with van der Waals surface area (Å²) in [4.78, 5) is 14.9. The number of fused-ring (bicyclic) bond motifs is 1. The Morgan fingerprint density at radius 1 is 1.26 bits per heavy atom. The zero-order chi connectivity index (χ0) is 16.4. The fraction of sp³-hybridized carbons (Fsp3) is 0.438. The second-order valence-corrected chi connectivity index (χ2v) is 6.73. The highest BCUT2D eigenvalue weighted by atomic mass is 35.5. The Morgan fingerprint density at radius 2 is 2.00 bits per heavy atom. The van der Waals surface area contributed by atoms with Crippen molar-refractivity contribution < 1.29 is 13.9 Å². The number of H-pyrrole nitrogens is 1. The molecule has 0 aliphatic heterocycles. The molecule has 2 N–H and O–H groups in total. The molecule has 1 saturated carbocycles. The summed E-state index contributed by atoms with van der Waals surface area (Å²) in [5.74, 6) is 0.434. The molecule has 1 aromatic heterocycles. The van der Waals surface area contributed by atoms with Gasteiger partial charge in [-0.25, -0.2) is 4.79 Å². The summed E-state index contributed by atoms with van der Waals surface area (Å²) >= 11 is 12.0. The zero-order valence-corrected chi connectivity index (χ0v) is 13.9. The lowest BCUT2D eigenvalue weighted by molar-refractivity contribution is 0.183. The first-order valence-corrected chi connectivity index (χ1v) is 8.33. The van der Waals surface area contributed by atoms with Crippen LogP contribution in [0.1, 0.15) is 25.7 Å². The fourth-order valence-electron chi connectivity index (χ4n) is 2.95. The highest BCUT2D eigenvalue weighted by Gasteiger charge is 2.23. The Hall–Kier alpha value is -1.46. The molecule has 0 bridgehead atoms. The Bertz CT molecular complexity index is 711. The quantitative estimate of drug-likeness (QED) is 0.802. The smallest absolute Gasteiger partial charge is 0.393 e. The number of halogens is 3. The number of ether oxygens (including phenoxy) is 1. The highest BCUT2D eigenvalue weighted by Crippen LogP contribution is 2.31. The Morgan fingerprint density at radius 3 is 2.70 bits per heavy atom. The number of carbonyl (C=O) groups excluding carboxylic acids is 1. The molecule has 1 aliphatic rings. The van der Waals surface area contributed by atoms with E-state index in [1.54, 1.807) is 18.2 Å². The van der Waals surface area contributed by atoms with Crippen molar-refractivity contribution in [3.63, 3.8) is 0 Å². The number of benzene rings is 1. The van der Waals surface area contributed by atoms with Crippen molar-refractivity contribution in [3.8, 4) is 5.88 Å². The van der Waals surface area contributed by atoms with Gasteiger partial charge in [-0.15, -0.1) is 0 Å². The van der Waals surface area contributed by atoms with E-state index in [0.717, 1.165) is 31.1 Å². The van der Waals surface area contributed by atoms with Gasteiger partial charge in [-0.1, -0.05) is 23.2 Å². The third-order valence-electron chi connectivity index (χ3n) is 4.22. The third-order valence-corrected chi connectivity index (χ3v) is 4.75. The van der Waals surface area contributed by atoms with Gasteiger partial charge in [0.25, 0.3) is 0 Å². The Kier molecular flexibility index (Phi) is 4.97. The van der Waals surface area contributed by atoms with Crippen molar-refractivity contribution in [2.45, 2.75) is 31.7 Å². The summed E-state index contributed by atoms with van der Waals surface area (Å²) in [7, 11) is 0. The number of hydrogen-bond acceptors (Lipinski definition) is 2. The topological polar surface area (TPSA) is 54.1 Å². The zero-order valence-electron chi connectivity index (χ0n) is 12.4. The molecule has 1 fully saturated rings. The van der Waals surface area contributed by atoms with Crippen molar-refractivity contribution in [2.24, 2.45) is 5.92 Å². The molecule has 23 heavy (non-hydrogen) atoms. The van der Waals surface area contributed by atoms with Crippen molar-refractivity contribution in [2.75, 3.05) is 6.67 Å². The highest BCUT2D eigenvalue weighted by molar-refractivity contribution is 6.38. The van der Waals surface area contributed by atoms with Gasteiger partial charge < -0.3 is 15.0 Å². The van der Waals surface area contributed by atoms with Crippen LogP contribution in [0.25, 0.3) is 10.9 Å². The molecule has 1 aromatic carbocycles. The molecule has 0 radical (unpaired) electrons. The molecule has 1 aliphatic carbocycles. The molecule has 4 nitrogen and oxygen atoms in total. The van der Waals surface area contributed by atoms with Crippen LogP contribution < -0.4 is 10.1 Å². The first kappa shape index (κ1) is 16.4. The Balaban J connectivity index is 1.61. The van der Waals surface area contributed by atoms with Gasteiger partial charge in [-0.05, 0) is 43.7 Å². The summed E-state index contributed by atoms with van der Waals surface area (Å²) in [6.45, 7) is -0.282. The molecule has 2 aromatic rings. The average Bonchev–Trinajstić information content (AvgIpc) is 2.90. The molecule has 0 spiro atoms. The van der Waals surface area contributed by atoms with Gasteiger partial charge in [-0.3, -0.25) is 4.39 Å². The van der Waals surface area contributed by atoms with Crippen LogP contribution in [0.2, 0.25) is 10.0 Å². The lowest BCUT2D eigenvalue weighted by Gasteiger charge is -2.26. The molecule has 0 unspecified atom stereocenters. The van der Waals surface area contributed by atoms with Gasteiger partial charge in [0.1, 0.15) is 0 Å². The van der Waals surface area contributed by atoms with Gasteiger partial charge in [0.2, 0.25) is 5.88 Å². The molecular weight excluding hydrogens is 342 g/mol. The number of nitrogens with one attached hydrogen (secondary N) is 2. The van der Waals surface area contributed by atoms with Crippen molar-refractivity contribution in [1.29, 1.82) is 0 Å². The van der Waals surface area contributed by atoms with Gasteiger partial charge in [0.05, 0.1) is 17.2 Å². The molecule has 0 atom stereocenters. The SMILES string of the molecule is O=C(NC1CCC(CF)CC1)Oc1cc2c(Cl)cc(Cl)cc2[nH]1. The van der Waals surface area contributed by atoms with Gasteiger partial charge in [-0.2, -0.15) is 0 Å². The van der Waals surface area contributed by atoms with Gasteiger partial charge in [0, 0.05) is 22.5 Å². The molecule has 7 heteroatoms.